The molecule has 0 bridgehead atoms. The van der Waals surface area contributed by atoms with Gasteiger partial charge in [-0.15, -0.1) is 0 Å². The van der Waals surface area contributed by atoms with Crippen LogP contribution in [0.5, 0.6) is 11.5 Å². The van der Waals surface area contributed by atoms with Gasteiger partial charge >= 0.3 is 0 Å². The van der Waals surface area contributed by atoms with Gasteiger partial charge in [0.05, 0.1) is 11.2 Å². The van der Waals surface area contributed by atoms with Crippen LogP contribution in [-0.2, 0) is 17.8 Å². The summed E-state index contributed by atoms with van der Waals surface area (Å²) in [7, 11) is 0. The summed E-state index contributed by atoms with van der Waals surface area (Å²) in [5.74, 6) is 1.78. The van der Waals surface area contributed by atoms with Gasteiger partial charge in [-0.3, -0.25) is 4.79 Å². The van der Waals surface area contributed by atoms with E-state index in [1.54, 1.807) is 0 Å². The molecule has 0 N–H and O–H groups in total. The van der Waals surface area contributed by atoms with Crippen molar-refractivity contribution in [2.24, 2.45) is 0 Å². The minimum Gasteiger partial charge on any atom is -0.487 e. The highest BCUT2D eigenvalue weighted by Gasteiger charge is 2.43. The van der Waals surface area contributed by atoms with Gasteiger partial charge in [0, 0.05) is 54.3 Å². The van der Waals surface area contributed by atoms with Crippen LogP contribution in [0, 0.1) is 20.8 Å². The van der Waals surface area contributed by atoms with E-state index in [9.17, 15) is 4.79 Å². The summed E-state index contributed by atoms with van der Waals surface area (Å²) < 4.78 is 13.0. The van der Waals surface area contributed by atoms with E-state index >= 15 is 0 Å². The van der Waals surface area contributed by atoms with E-state index in [2.05, 4.69) is 37.8 Å². The van der Waals surface area contributed by atoms with Gasteiger partial charge in [0.15, 0.2) is 5.60 Å². The van der Waals surface area contributed by atoms with Crippen LogP contribution < -0.4 is 14.4 Å². The second kappa shape index (κ2) is 10.9. The van der Waals surface area contributed by atoms with Crippen LogP contribution in [0.25, 0.3) is 10.9 Å². The minimum absolute atomic E-state index is 0.0660. The minimum atomic E-state index is -0.892. The molecule has 1 unspecified atom stereocenters. The number of halogens is 1. The summed E-state index contributed by atoms with van der Waals surface area (Å²) in [5, 5.41) is 1.85. The third-order valence-electron chi connectivity index (χ3n) is 8.72. The van der Waals surface area contributed by atoms with Crippen LogP contribution in [0.4, 0.5) is 5.69 Å². The molecule has 2 aliphatic rings. The fourth-order valence-electron chi connectivity index (χ4n) is 6.09. The number of nitrogens with zero attached hydrogens (tertiary/aromatic N) is 3. The molecule has 0 radical (unpaired) electrons. The lowest BCUT2D eigenvalue weighted by Gasteiger charge is -2.43. The lowest BCUT2D eigenvalue weighted by atomic mass is 9.86. The first-order chi connectivity index (χ1) is 19.7. The Kier molecular flexibility index (Phi) is 7.28. The molecule has 6 rings (SSSR count). The number of carbonyl (C=O) groups is 1. The highest BCUT2D eigenvalue weighted by molar-refractivity contribution is 6.30. The molecule has 0 aliphatic carbocycles. The average Bonchev–Trinajstić information content (AvgIpc) is 3.00. The number of para-hydroxylation sites is 1. The molecule has 0 spiro atoms. The van der Waals surface area contributed by atoms with Crippen molar-refractivity contribution >= 4 is 34.1 Å². The number of pyridine rings is 1. The van der Waals surface area contributed by atoms with Crippen LogP contribution in [0.2, 0.25) is 5.02 Å². The highest BCUT2D eigenvalue weighted by atomic mass is 35.5. The molecule has 1 aromatic heterocycles. The molecule has 1 saturated heterocycles. The number of amides is 1. The number of ether oxygens (including phenoxy) is 2. The molecule has 41 heavy (non-hydrogen) atoms. The van der Waals surface area contributed by atoms with Gasteiger partial charge in [0.25, 0.3) is 5.91 Å². The molecule has 1 amide bonds. The quantitative estimate of drug-likeness (QED) is 0.264. The van der Waals surface area contributed by atoms with Crippen LogP contribution >= 0.6 is 11.6 Å². The van der Waals surface area contributed by atoms with E-state index in [0.29, 0.717) is 26.1 Å². The van der Waals surface area contributed by atoms with Crippen LogP contribution in [0.15, 0.2) is 60.7 Å². The first-order valence-corrected chi connectivity index (χ1v) is 14.7. The van der Waals surface area contributed by atoms with Gasteiger partial charge in [-0.1, -0.05) is 35.9 Å². The van der Waals surface area contributed by atoms with Crippen molar-refractivity contribution in [2.45, 2.75) is 52.7 Å². The Labute approximate surface area is 246 Å². The second-order valence-electron chi connectivity index (χ2n) is 11.4. The number of fused-ring (bicyclic) bond motifs is 2. The van der Waals surface area contributed by atoms with Crippen LogP contribution in [0.3, 0.4) is 0 Å². The van der Waals surface area contributed by atoms with Crippen molar-refractivity contribution in [1.82, 2.24) is 9.88 Å². The first-order valence-electron chi connectivity index (χ1n) is 14.3. The van der Waals surface area contributed by atoms with E-state index in [0.717, 1.165) is 80.6 Å². The van der Waals surface area contributed by atoms with Gasteiger partial charge in [-0.25, -0.2) is 4.98 Å². The molecule has 0 saturated carbocycles. The first kappa shape index (κ1) is 27.4. The molecule has 6 nitrogen and oxygen atoms in total. The normalized spacial score (nSPS) is 18.7. The predicted molar refractivity (Wildman–Crippen MR) is 164 cm³/mol. The number of benzene rings is 3. The molecule has 1 atom stereocenters. The van der Waals surface area contributed by atoms with E-state index < -0.39 is 5.60 Å². The highest BCUT2D eigenvalue weighted by Crippen LogP contribution is 2.44. The number of hydrogen-bond acceptors (Lipinski definition) is 5. The summed E-state index contributed by atoms with van der Waals surface area (Å²) in [6.07, 6.45) is 1.39. The SMILES string of the molecule is Cc1c(C)c2c(c(C)c1OCc1ccc3ccccc3n1)CCC(C)(C(=O)N1CCN(c3ccc(Cl)cc3)CC1)O2. The lowest BCUT2D eigenvalue weighted by Crippen LogP contribution is -2.57. The van der Waals surface area contributed by atoms with E-state index in [1.807, 2.05) is 60.4 Å². The topological polar surface area (TPSA) is 54.9 Å². The Morgan fingerprint density at radius 1 is 0.951 bits per heavy atom. The van der Waals surface area contributed by atoms with Crippen molar-refractivity contribution in [3.63, 3.8) is 0 Å². The zero-order valence-electron chi connectivity index (χ0n) is 24.2. The Morgan fingerprint density at radius 3 is 2.44 bits per heavy atom. The molecule has 212 valence electrons. The summed E-state index contributed by atoms with van der Waals surface area (Å²) >= 11 is 6.06. The standard InChI is InChI=1S/C34H36ClN3O3/c1-22-23(2)32-29(24(3)31(22)40-21-27-12-9-25-7-5-6-8-30(25)36-27)15-16-34(4,41-32)33(39)38-19-17-37(18-20-38)28-13-10-26(35)11-14-28/h5-14H,15-21H2,1-4H3. The molecule has 1 fully saturated rings. The number of anilines is 1. The molecule has 7 heteroatoms. The smallest absolute Gasteiger partial charge is 0.266 e. The van der Waals surface area contributed by atoms with E-state index in [-0.39, 0.29) is 5.91 Å². The zero-order valence-corrected chi connectivity index (χ0v) is 24.9. The maximum Gasteiger partial charge on any atom is 0.266 e. The number of aromatic nitrogens is 1. The molecule has 2 aliphatic heterocycles. The third kappa shape index (κ3) is 5.21. The van der Waals surface area contributed by atoms with Crippen LogP contribution in [0.1, 0.15) is 41.3 Å². The number of hydrogen-bond donors (Lipinski definition) is 0. The van der Waals surface area contributed by atoms with Crippen molar-refractivity contribution in [3.8, 4) is 11.5 Å². The Balaban J connectivity index is 1.16. The molecule has 4 aromatic rings. The number of carbonyl (C=O) groups excluding carboxylic acids is 1. The van der Waals surface area contributed by atoms with E-state index in [1.165, 1.54) is 0 Å². The van der Waals surface area contributed by atoms with Crippen molar-refractivity contribution in [3.05, 3.63) is 93.6 Å². The van der Waals surface area contributed by atoms with Gasteiger partial charge in [-0.05, 0) is 87.2 Å². The molecular formula is C34H36ClN3O3. The Bertz CT molecular complexity index is 1610. The molecule has 3 aromatic carbocycles. The third-order valence-corrected chi connectivity index (χ3v) is 8.97. The second-order valence-corrected chi connectivity index (χ2v) is 11.8. The maximum absolute atomic E-state index is 13.8. The van der Waals surface area contributed by atoms with Gasteiger partial charge in [0.1, 0.15) is 18.1 Å². The van der Waals surface area contributed by atoms with Gasteiger partial charge in [-0.2, -0.15) is 0 Å². The summed E-state index contributed by atoms with van der Waals surface area (Å²) in [6.45, 7) is 11.5. The summed E-state index contributed by atoms with van der Waals surface area (Å²) in [6, 6.07) is 20.1. The Morgan fingerprint density at radius 2 is 1.68 bits per heavy atom. The van der Waals surface area contributed by atoms with Gasteiger partial charge in [0.2, 0.25) is 0 Å². The van der Waals surface area contributed by atoms with Gasteiger partial charge < -0.3 is 19.3 Å². The molecule has 3 heterocycles. The Hall–Kier alpha value is -3.77. The number of piperazine rings is 1. The molecular weight excluding hydrogens is 534 g/mol. The largest absolute Gasteiger partial charge is 0.487 e. The van der Waals surface area contributed by atoms with E-state index in [4.69, 9.17) is 26.1 Å². The monoisotopic (exact) mass is 569 g/mol. The lowest BCUT2D eigenvalue weighted by molar-refractivity contribution is -0.148. The maximum atomic E-state index is 13.8. The van der Waals surface area contributed by atoms with Crippen molar-refractivity contribution in [1.29, 1.82) is 0 Å². The fraction of sp³-hybridized carbons (Fsp3) is 0.353. The zero-order chi connectivity index (χ0) is 28.7. The summed E-state index contributed by atoms with van der Waals surface area (Å²) in [4.78, 5) is 22.8. The fourth-order valence-corrected chi connectivity index (χ4v) is 6.22. The van der Waals surface area contributed by atoms with Crippen molar-refractivity contribution in [2.75, 3.05) is 31.1 Å². The number of rotatable bonds is 5. The van der Waals surface area contributed by atoms with Crippen molar-refractivity contribution < 1.29 is 14.3 Å². The summed E-state index contributed by atoms with van der Waals surface area (Å²) in [5.41, 5.74) is 6.37. The predicted octanol–water partition coefficient (Wildman–Crippen LogP) is 6.82. The average molecular weight is 570 g/mol. The van der Waals surface area contributed by atoms with Crippen LogP contribution in [-0.4, -0.2) is 47.6 Å².